The minimum Gasteiger partial charge on any atom is -0.390 e. The Morgan fingerprint density at radius 1 is 1.06 bits per heavy atom. The van der Waals surface area contributed by atoms with Crippen LogP contribution in [0.2, 0.25) is 0 Å². The molecule has 3 aromatic rings. The zero-order valence-electron chi connectivity index (χ0n) is 19.6. The first kappa shape index (κ1) is 21.3. The predicted octanol–water partition coefficient (Wildman–Crippen LogP) is 4.79. The normalized spacial score (nSPS) is 30.5. The third-order valence-electron chi connectivity index (χ3n) is 8.71. The SMILES string of the molecule is CN(CCCc1nc2ccccc2[nH]1)CC[C@@]1(O)C[C@@H]2CC[C@H]1C[C@@]21OCc2ccccc21. The Labute approximate surface area is 196 Å². The van der Waals surface area contributed by atoms with E-state index in [1.165, 1.54) is 17.5 Å². The number of rotatable bonds is 7. The summed E-state index contributed by atoms with van der Waals surface area (Å²) in [7, 11) is 2.18. The summed E-state index contributed by atoms with van der Waals surface area (Å²) in [6.45, 7) is 2.68. The van der Waals surface area contributed by atoms with Crippen molar-refractivity contribution in [3.8, 4) is 0 Å². The molecule has 2 bridgehead atoms. The van der Waals surface area contributed by atoms with Gasteiger partial charge in [-0.2, -0.15) is 0 Å². The first-order chi connectivity index (χ1) is 16.1. The highest BCUT2D eigenvalue weighted by molar-refractivity contribution is 5.74. The quantitative estimate of drug-likeness (QED) is 0.549. The lowest BCUT2D eigenvalue weighted by Crippen LogP contribution is -2.57. The van der Waals surface area contributed by atoms with Crippen LogP contribution in [0.3, 0.4) is 0 Å². The zero-order valence-corrected chi connectivity index (χ0v) is 19.6. The minimum absolute atomic E-state index is 0.149. The Kier molecular flexibility index (Phi) is 5.32. The van der Waals surface area contributed by atoms with Crippen molar-refractivity contribution in [1.82, 2.24) is 14.9 Å². The number of fused-ring (bicyclic) bond motifs is 4. The number of ether oxygens (including phenoxy) is 1. The molecule has 2 heterocycles. The summed E-state index contributed by atoms with van der Waals surface area (Å²) in [5.74, 6) is 1.82. The van der Waals surface area contributed by atoms with Crippen LogP contribution in [0.1, 0.15) is 55.5 Å². The molecule has 2 aromatic carbocycles. The van der Waals surface area contributed by atoms with Crippen LogP contribution in [-0.2, 0) is 23.4 Å². The number of imidazole rings is 1. The van der Waals surface area contributed by atoms with Crippen LogP contribution in [0.25, 0.3) is 11.0 Å². The maximum atomic E-state index is 11.7. The van der Waals surface area contributed by atoms with Crippen molar-refractivity contribution in [3.63, 3.8) is 0 Å². The van der Waals surface area contributed by atoms with Crippen molar-refractivity contribution >= 4 is 11.0 Å². The highest BCUT2D eigenvalue weighted by Gasteiger charge is 2.60. The van der Waals surface area contributed by atoms with Gasteiger partial charge in [-0.1, -0.05) is 36.4 Å². The van der Waals surface area contributed by atoms with E-state index in [4.69, 9.17) is 9.72 Å². The summed E-state index contributed by atoms with van der Waals surface area (Å²) in [6, 6.07) is 16.9. The molecule has 174 valence electrons. The van der Waals surface area contributed by atoms with Crippen LogP contribution in [0.15, 0.2) is 48.5 Å². The molecule has 33 heavy (non-hydrogen) atoms. The van der Waals surface area contributed by atoms with Gasteiger partial charge in [-0.3, -0.25) is 0 Å². The molecule has 2 N–H and O–H groups in total. The van der Waals surface area contributed by atoms with Crippen LogP contribution < -0.4 is 0 Å². The Morgan fingerprint density at radius 2 is 1.88 bits per heavy atom. The molecule has 4 atom stereocenters. The summed E-state index contributed by atoms with van der Waals surface area (Å²) in [6.07, 6.45) is 7.02. The van der Waals surface area contributed by atoms with Crippen LogP contribution in [0, 0.1) is 11.8 Å². The second-order valence-electron chi connectivity index (χ2n) is 10.7. The van der Waals surface area contributed by atoms with Gasteiger partial charge in [0, 0.05) is 13.0 Å². The van der Waals surface area contributed by atoms with Crippen molar-refractivity contribution in [2.75, 3.05) is 20.1 Å². The second-order valence-corrected chi connectivity index (χ2v) is 10.7. The van der Waals surface area contributed by atoms with Gasteiger partial charge in [0.2, 0.25) is 0 Å². The van der Waals surface area contributed by atoms with E-state index in [2.05, 4.69) is 53.3 Å². The molecule has 7 rings (SSSR count). The van der Waals surface area contributed by atoms with Crippen molar-refractivity contribution in [1.29, 1.82) is 0 Å². The van der Waals surface area contributed by atoms with E-state index in [1.807, 2.05) is 12.1 Å². The molecule has 0 unspecified atom stereocenters. The molecular weight excluding hydrogens is 410 g/mol. The minimum atomic E-state index is -0.554. The molecule has 3 fully saturated rings. The lowest BCUT2D eigenvalue weighted by atomic mass is 9.53. The van der Waals surface area contributed by atoms with Crippen LogP contribution in [-0.4, -0.2) is 45.7 Å². The molecular formula is C28H35N3O2. The van der Waals surface area contributed by atoms with Gasteiger partial charge in [-0.25, -0.2) is 4.98 Å². The smallest absolute Gasteiger partial charge is 0.107 e. The third-order valence-corrected chi connectivity index (χ3v) is 8.71. The van der Waals surface area contributed by atoms with Crippen LogP contribution in [0.4, 0.5) is 0 Å². The zero-order chi connectivity index (χ0) is 22.5. The maximum absolute atomic E-state index is 11.7. The molecule has 4 aliphatic rings. The topological polar surface area (TPSA) is 61.4 Å². The fourth-order valence-corrected chi connectivity index (χ4v) is 6.88. The fourth-order valence-electron chi connectivity index (χ4n) is 6.88. The summed E-state index contributed by atoms with van der Waals surface area (Å²) in [5.41, 5.74) is 4.19. The van der Waals surface area contributed by atoms with Crippen molar-refractivity contribution < 1.29 is 9.84 Å². The molecule has 0 amide bonds. The molecule has 1 spiro atoms. The molecule has 0 saturated heterocycles. The van der Waals surface area contributed by atoms with Crippen LogP contribution in [0.5, 0.6) is 0 Å². The summed E-state index contributed by atoms with van der Waals surface area (Å²) >= 11 is 0. The third kappa shape index (κ3) is 3.71. The van der Waals surface area contributed by atoms with Gasteiger partial charge >= 0.3 is 0 Å². The van der Waals surface area contributed by atoms with Gasteiger partial charge < -0.3 is 19.7 Å². The average Bonchev–Trinajstić information content (AvgIpc) is 3.41. The van der Waals surface area contributed by atoms with E-state index >= 15 is 0 Å². The average molecular weight is 446 g/mol. The van der Waals surface area contributed by atoms with Crippen molar-refractivity contribution in [2.45, 2.75) is 62.8 Å². The Bertz CT molecular complexity index is 1110. The predicted molar refractivity (Wildman–Crippen MR) is 130 cm³/mol. The summed E-state index contributed by atoms with van der Waals surface area (Å²) in [5, 5.41) is 11.7. The number of aryl methyl sites for hydroxylation is 1. The first-order valence-electron chi connectivity index (χ1n) is 12.6. The van der Waals surface area contributed by atoms with E-state index in [1.54, 1.807) is 0 Å². The number of hydrogen-bond donors (Lipinski definition) is 2. The lowest BCUT2D eigenvalue weighted by Gasteiger charge is -2.57. The van der Waals surface area contributed by atoms with E-state index in [-0.39, 0.29) is 5.60 Å². The Morgan fingerprint density at radius 3 is 2.73 bits per heavy atom. The van der Waals surface area contributed by atoms with Gasteiger partial charge in [0.1, 0.15) is 5.82 Å². The number of benzene rings is 2. The number of nitrogens with one attached hydrogen (secondary N) is 1. The largest absolute Gasteiger partial charge is 0.390 e. The molecule has 5 heteroatoms. The monoisotopic (exact) mass is 445 g/mol. The van der Waals surface area contributed by atoms with Crippen molar-refractivity contribution in [2.24, 2.45) is 11.8 Å². The highest BCUT2D eigenvalue weighted by atomic mass is 16.5. The standard InChI is InChI=1S/C28H35N3O2/c1-31(15-6-11-26-29-24-9-4-5-10-25(24)30-26)16-14-27(32)17-22-13-12-21(27)18-28(22)23-8-3-2-7-20(23)19-33-28/h2-5,7-10,21-22,32H,6,11-19H2,1H3,(H,29,30)/t21-,22-,27+,28+/m0/s1. The van der Waals surface area contributed by atoms with E-state index in [0.29, 0.717) is 11.8 Å². The number of aromatic amines is 1. The fraction of sp³-hybridized carbons (Fsp3) is 0.536. The highest BCUT2D eigenvalue weighted by Crippen LogP contribution is 2.61. The Hall–Kier alpha value is -2.21. The molecule has 1 aromatic heterocycles. The van der Waals surface area contributed by atoms with Gasteiger partial charge in [-0.05, 0) is 87.2 Å². The van der Waals surface area contributed by atoms with E-state index in [9.17, 15) is 5.11 Å². The van der Waals surface area contributed by atoms with Gasteiger partial charge in [0.05, 0.1) is 28.8 Å². The van der Waals surface area contributed by atoms with Gasteiger partial charge in [0.25, 0.3) is 0 Å². The van der Waals surface area contributed by atoms with E-state index in [0.717, 1.165) is 75.1 Å². The van der Waals surface area contributed by atoms with Crippen LogP contribution >= 0.6 is 0 Å². The van der Waals surface area contributed by atoms with E-state index < -0.39 is 5.60 Å². The maximum Gasteiger partial charge on any atom is 0.107 e. The molecule has 0 radical (unpaired) electrons. The number of para-hydroxylation sites is 2. The number of hydrogen-bond acceptors (Lipinski definition) is 4. The van der Waals surface area contributed by atoms with Gasteiger partial charge in [0.15, 0.2) is 0 Å². The Balaban J connectivity index is 1.04. The molecule has 3 aliphatic carbocycles. The molecule has 5 nitrogen and oxygen atoms in total. The molecule has 3 saturated carbocycles. The first-order valence-corrected chi connectivity index (χ1v) is 12.6. The summed E-state index contributed by atoms with van der Waals surface area (Å²) in [4.78, 5) is 10.5. The number of nitrogens with zero attached hydrogens (tertiary/aromatic N) is 2. The number of aliphatic hydroxyl groups is 1. The second kappa shape index (κ2) is 8.23. The number of aromatic nitrogens is 2. The van der Waals surface area contributed by atoms with Gasteiger partial charge in [-0.15, -0.1) is 0 Å². The molecule has 1 aliphatic heterocycles. The van der Waals surface area contributed by atoms with Crippen molar-refractivity contribution in [3.05, 3.63) is 65.5 Å². The lowest BCUT2D eigenvalue weighted by molar-refractivity contribution is -0.211. The number of H-pyrrole nitrogens is 1. The summed E-state index contributed by atoms with van der Waals surface area (Å²) < 4.78 is 6.49.